The van der Waals surface area contributed by atoms with Crippen LogP contribution in [0.4, 0.5) is 0 Å². The molecule has 3 aromatic carbocycles. The Bertz CT molecular complexity index is 1490. The number of carbonyl (C=O) groups is 3. The molecule has 4 rings (SSSR count). The molecule has 0 aromatic heterocycles. The van der Waals surface area contributed by atoms with Gasteiger partial charge in [0.05, 0.1) is 5.56 Å². The molecule has 0 aliphatic carbocycles. The van der Waals surface area contributed by atoms with Crippen molar-refractivity contribution in [1.29, 1.82) is 0 Å². The van der Waals surface area contributed by atoms with Crippen LogP contribution in [-0.2, 0) is 32.6 Å². The van der Waals surface area contributed by atoms with Crippen molar-refractivity contribution in [2.45, 2.75) is 63.6 Å². The first kappa shape index (κ1) is 29.0. The van der Waals surface area contributed by atoms with E-state index < -0.39 is 22.0 Å². The minimum atomic E-state index is -3.96. The molecule has 0 saturated heterocycles. The molecule has 0 bridgehead atoms. The number of benzene rings is 3. The number of sulfonamides is 1. The van der Waals surface area contributed by atoms with Crippen LogP contribution in [0.1, 0.15) is 53.7 Å². The van der Waals surface area contributed by atoms with Gasteiger partial charge in [0.1, 0.15) is 10.9 Å². The van der Waals surface area contributed by atoms with E-state index in [4.69, 9.17) is 0 Å². The molecule has 1 aliphatic heterocycles. The summed E-state index contributed by atoms with van der Waals surface area (Å²) in [6, 6.07) is 22.5. The summed E-state index contributed by atoms with van der Waals surface area (Å²) >= 11 is 0. The Kier molecular flexibility index (Phi) is 9.04. The van der Waals surface area contributed by atoms with E-state index in [1.807, 2.05) is 75.4 Å². The van der Waals surface area contributed by atoms with Crippen molar-refractivity contribution in [3.63, 3.8) is 0 Å². The minimum Gasteiger partial charge on any atom is -0.352 e. The lowest BCUT2D eigenvalue weighted by Gasteiger charge is -2.32. The third-order valence-corrected chi connectivity index (χ3v) is 8.64. The summed E-state index contributed by atoms with van der Waals surface area (Å²) in [6.07, 6.45) is 0.429. The first-order chi connectivity index (χ1) is 19.1. The fourth-order valence-electron chi connectivity index (χ4n) is 4.91. The van der Waals surface area contributed by atoms with Gasteiger partial charge in [0.15, 0.2) is 0 Å². The first-order valence-electron chi connectivity index (χ1n) is 13.4. The fraction of sp³-hybridized carbons (Fsp3) is 0.323. The quantitative estimate of drug-likeness (QED) is 0.380. The lowest BCUT2D eigenvalue weighted by atomic mass is 10.0. The number of aryl methyl sites for hydroxylation is 1. The van der Waals surface area contributed by atoms with Crippen molar-refractivity contribution in [3.8, 4) is 0 Å². The highest BCUT2D eigenvalue weighted by atomic mass is 32.2. The van der Waals surface area contributed by atoms with Crippen LogP contribution in [-0.4, -0.2) is 54.0 Å². The second-order valence-corrected chi connectivity index (χ2v) is 12.2. The molecule has 1 heterocycles. The molecule has 210 valence electrons. The summed E-state index contributed by atoms with van der Waals surface area (Å²) in [5, 5.41) is 2.96. The fourth-order valence-corrected chi connectivity index (χ4v) is 6.52. The summed E-state index contributed by atoms with van der Waals surface area (Å²) in [5.41, 5.74) is 2.98. The Balaban J connectivity index is 1.57. The van der Waals surface area contributed by atoms with Gasteiger partial charge < -0.3 is 10.2 Å². The lowest BCUT2D eigenvalue weighted by Crippen LogP contribution is -2.51. The molecule has 1 N–H and O–H groups in total. The SMILES string of the molecule is Cc1cccc(CN(C(=O)CCCN2C(=O)c3ccccc3S2(=O)=O)[C@@H](Cc2ccccc2)C(=O)NC(C)C)c1. The van der Waals surface area contributed by atoms with Crippen LogP contribution < -0.4 is 5.32 Å². The molecule has 0 radical (unpaired) electrons. The van der Waals surface area contributed by atoms with Gasteiger partial charge in [0.25, 0.3) is 15.9 Å². The maximum Gasteiger partial charge on any atom is 0.269 e. The Morgan fingerprint density at radius 2 is 1.60 bits per heavy atom. The molecule has 3 aromatic rings. The second kappa shape index (κ2) is 12.5. The van der Waals surface area contributed by atoms with Crippen LogP contribution in [0.5, 0.6) is 0 Å². The highest BCUT2D eigenvalue weighted by Gasteiger charge is 2.40. The van der Waals surface area contributed by atoms with E-state index in [0.717, 1.165) is 21.0 Å². The molecule has 0 unspecified atom stereocenters. The third kappa shape index (κ3) is 6.59. The number of carbonyl (C=O) groups excluding carboxylic acids is 3. The van der Waals surface area contributed by atoms with Crippen LogP contribution in [0.25, 0.3) is 0 Å². The summed E-state index contributed by atoms with van der Waals surface area (Å²) in [5.74, 6) is -1.13. The molecule has 9 heteroatoms. The number of rotatable bonds is 11. The van der Waals surface area contributed by atoms with E-state index in [2.05, 4.69) is 5.32 Å². The van der Waals surface area contributed by atoms with Gasteiger partial charge in [-0.3, -0.25) is 14.4 Å². The summed E-state index contributed by atoms with van der Waals surface area (Å²) in [4.78, 5) is 41.6. The molecule has 0 saturated carbocycles. The average molecular weight is 562 g/mol. The maximum absolute atomic E-state index is 13.8. The van der Waals surface area contributed by atoms with E-state index in [9.17, 15) is 22.8 Å². The number of amides is 3. The molecule has 8 nitrogen and oxygen atoms in total. The van der Waals surface area contributed by atoms with Crippen molar-refractivity contribution in [2.24, 2.45) is 0 Å². The van der Waals surface area contributed by atoms with Gasteiger partial charge in [-0.2, -0.15) is 0 Å². The van der Waals surface area contributed by atoms with Crippen molar-refractivity contribution >= 4 is 27.7 Å². The molecule has 3 amide bonds. The van der Waals surface area contributed by atoms with Crippen molar-refractivity contribution in [3.05, 3.63) is 101 Å². The zero-order valence-electron chi connectivity index (χ0n) is 23.0. The van der Waals surface area contributed by atoms with Gasteiger partial charge in [-0.05, 0) is 50.5 Å². The normalized spacial score (nSPS) is 14.6. The Morgan fingerprint density at radius 1 is 0.925 bits per heavy atom. The van der Waals surface area contributed by atoms with Gasteiger partial charge in [0.2, 0.25) is 11.8 Å². The maximum atomic E-state index is 13.8. The van der Waals surface area contributed by atoms with Crippen LogP contribution in [0.15, 0.2) is 83.8 Å². The zero-order valence-corrected chi connectivity index (χ0v) is 23.9. The van der Waals surface area contributed by atoms with E-state index in [-0.39, 0.29) is 54.2 Å². The molecule has 0 spiro atoms. The summed E-state index contributed by atoms with van der Waals surface area (Å²) in [6.45, 7) is 5.80. The van der Waals surface area contributed by atoms with Crippen molar-refractivity contribution < 1.29 is 22.8 Å². The largest absolute Gasteiger partial charge is 0.352 e. The van der Waals surface area contributed by atoms with E-state index in [1.165, 1.54) is 12.1 Å². The smallest absolute Gasteiger partial charge is 0.269 e. The predicted molar refractivity (Wildman–Crippen MR) is 153 cm³/mol. The average Bonchev–Trinajstić information content (AvgIpc) is 3.11. The Labute approximate surface area is 236 Å². The van der Waals surface area contributed by atoms with Gasteiger partial charge >= 0.3 is 0 Å². The molecule has 1 aliphatic rings. The lowest BCUT2D eigenvalue weighted by molar-refractivity contribution is -0.141. The highest BCUT2D eigenvalue weighted by molar-refractivity contribution is 7.90. The van der Waals surface area contributed by atoms with Crippen molar-refractivity contribution in [1.82, 2.24) is 14.5 Å². The third-order valence-electron chi connectivity index (χ3n) is 6.80. The number of fused-ring (bicyclic) bond motifs is 1. The van der Waals surface area contributed by atoms with Crippen LogP contribution in [0.2, 0.25) is 0 Å². The number of nitrogens with zero attached hydrogens (tertiary/aromatic N) is 2. The van der Waals surface area contributed by atoms with Crippen LogP contribution in [0, 0.1) is 6.92 Å². The number of hydrogen-bond acceptors (Lipinski definition) is 5. The molecule has 40 heavy (non-hydrogen) atoms. The van der Waals surface area contributed by atoms with E-state index >= 15 is 0 Å². The molecular weight excluding hydrogens is 526 g/mol. The van der Waals surface area contributed by atoms with Gasteiger partial charge in [-0.15, -0.1) is 0 Å². The molecule has 0 fully saturated rings. The monoisotopic (exact) mass is 561 g/mol. The minimum absolute atomic E-state index is 0.0133. The highest BCUT2D eigenvalue weighted by Crippen LogP contribution is 2.30. The number of nitrogens with one attached hydrogen (secondary N) is 1. The second-order valence-electron chi connectivity index (χ2n) is 10.4. The van der Waals surface area contributed by atoms with Crippen LogP contribution >= 0.6 is 0 Å². The Hall–Kier alpha value is -3.98. The summed E-state index contributed by atoms with van der Waals surface area (Å²) < 4.78 is 26.7. The van der Waals surface area contributed by atoms with Gasteiger partial charge in [-0.1, -0.05) is 72.3 Å². The molecular formula is C31H35N3O5S. The standard InChI is InChI=1S/C31H35N3O5S/c1-22(2)32-30(36)27(20-24-12-5-4-6-13-24)33(21-25-14-9-11-23(3)19-25)29(35)17-10-18-34-31(37)26-15-7-8-16-28(26)40(34,38)39/h4-9,11-16,19,22,27H,10,17-18,20-21H2,1-3H3,(H,32,36)/t27-/m0/s1. The van der Waals surface area contributed by atoms with Crippen LogP contribution in [0.3, 0.4) is 0 Å². The zero-order chi connectivity index (χ0) is 28.9. The van der Waals surface area contributed by atoms with Gasteiger partial charge in [-0.25, -0.2) is 12.7 Å². The summed E-state index contributed by atoms with van der Waals surface area (Å²) in [7, 11) is -3.96. The first-order valence-corrected chi connectivity index (χ1v) is 14.9. The molecule has 1 atom stereocenters. The van der Waals surface area contributed by atoms with Gasteiger partial charge in [0, 0.05) is 32.0 Å². The van der Waals surface area contributed by atoms with E-state index in [0.29, 0.717) is 6.42 Å². The predicted octanol–water partition coefficient (Wildman–Crippen LogP) is 4.08. The number of hydrogen-bond donors (Lipinski definition) is 1. The Morgan fingerprint density at radius 3 is 2.27 bits per heavy atom. The van der Waals surface area contributed by atoms with E-state index in [1.54, 1.807) is 17.0 Å². The van der Waals surface area contributed by atoms with Crippen molar-refractivity contribution in [2.75, 3.05) is 6.54 Å². The topological polar surface area (TPSA) is 104 Å².